The van der Waals surface area contributed by atoms with Gasteiger partial charge in [-0.15, -0.1) is 0 Å². The van der Waals surface area contributed by atoms with Crippen LogP contribution in [0.15, 0.2) is 36.8 Å². The van der Waals surface area contributed by atoms with Gasteiger partial charge in [0.05, 0.1) is 5.69 Å². The quantitative estimate of drug-likeness (QED) is 0.702. The summed E-state index contributed by atoms with van der Waals surface area (Å²) in [6.45, 7) is 0. The van der Waals surface area contributed by atoms with Crippen LogP contribution in [-0.2, 0) is 0 Å². The van der Waals surface area contributed by atoms with E-state index in [4.69, 9.17) is 0 Å². The van der Waals surface area contributed by atoms with Crippen molar-refractivity contribution >= 4 is 16.8 Å². The molecule has 3 aromatic heterocycles. The molecule has 3 aromatic rings. The Hall–Kier alpha value is -2.50. The number of rotatable bonds is 5. The summed E-state index contributed by atoms with van der Waals surface area (Å²) in [5.41, 5.74) is 2.89. The number of nitrogens with one attached hydrogen (secondary N) is 2. The Kier molecular flexibility index (Phi) is 3.51. The zero-order chi connectivity index (χ0) is 14.8. The molecule has 0 saturated heterocycles. The van der Waals surface area contributed by atoms with Crippen LogP contribution in [0.4, 0.5) is 8.78 Å². The summed E-state index contributed by atoms with van der Waals surface area (Å²) in [6, 6.07) is 5.45. The van der Waals surface area contributed by atoms with Crippen molar-refractivity contribution in [3.8, 4) is 11.1 Å². The third-order valence-electron chi connectivity index (χ3n) is 3.34. The summed E-state index contributed by atoms with van der Waals surface area (Å²) < 4.78 is 24.3. The molecule has 6 heteroatoms. The summed E-state index contributed by atoms with van der Waals surface area (Å²) >= 11 is 0. The highest BCUT2D eigenvalue weighted by Gasteiger charge is 2.14. The standard InChI is InChI=1S/C15H13F2N3O/c16-14(17)2-1-13(21)12-7-9(8-20-12)10-3-5-18-15-11(10)4-6-19-15/h3-8,14,20H,1-2H2,(H,18,19). The number of aromatic nitrogens is 3. The minimum Gasteiger partial charge on any atom is -0.358 e. The maximum absolute atomic E-state index is 12.1. The van der Waals surface area contributed by atoms with Gasteiger partial charge in [-0.05, 0) is 23.8 Å². The Morgan fingerprint density at radius 2 is 2.14 bits per heavy atom. The molecule has 0 aliphatic carbocycles. The summed E-state index contributed by atoms with van der Waals surface area (Å²) in [5, 5.41) is 0.947. The summed E-state index contributed by atoms with van der Waals surface area (Å²) in [7, 11) is 0. The molecule has 0 fully saturated rings. The lowest BCUT2D eigenvalue weighted by Crippen LogP contribution is -2.02. The normalized spacial score (nSPS) is 11.4. The van der Waals surface area contributed by atoms with Crippen molar-refractivity contribution in [1.29, 1.82) is 0 Å². The van der Waals surface area contributed by atoms with E-state index in [0.29, 0.717) is 5.69 Å². The number of hydrogen-bond donors (Lipinski definition) is 2. The Morgan fingerprint density at radius 3 is 2.95 bits per heavy atom. The minimum atomic E-state index is -2.46. The fourth-order valence-corrected chi connectivity index (χ4v) is 2.30. The highest BCUT2D eigenvalue weighted by Crippen LogP contribution is 2.27. The first kappa shape index (κ1) is 13.5. The van der Waals surface area contributed by atoms with Crippen molar-refractivity contribution < 1.29 is 13.6 Å². The number of halogens is 2. The van der Waals surface area contributed by atoms with Gasteiger partial charge in [0.15, 0.2) is 5.78 Å². The van der Waals surface area contributed by atoms with Crippen LogP contribution >= 0.6 is 0 Å². The number of nitrogens with zero attached hydrogens (tertiary/aromatic N) is 1. The van der Waals surface area contributed by atoms with Crippen molar-refractivity contribution in [3.05, 3.63) is 42.5 Å². The maximum Gasteiger partial charge on any atom is 0.239 e. The number of hydrogen-bond acceptors (Lipinski definition) is 2. The fraction of sp³-hybridized carbons (Fsp3) is 0.200. The number of H-pyrrole nitrogens is 2. The predicted octanol–water partition coefficient (Wildman–Crippen LogP) is 3.79. The van der Waals surface area contributed by atoms with Gasteiger partial charge in [-0.1, -0.05) is 0 Å². The average molecular weight is 289 g/mol. The molecule has 0 saturated carbocycles. The average Bonchev–Trinajstić information content (AvgIpc) is 3.12. The molecule has 0 aromatic carbocycles. The van der Waals surface area contributed by atoms with Crippen LogP contribution in [0.25, 0.3) is 22.2 Å². The molecular formula is C15H13F2N3O. The van der Waals surface area contributed by atoms with Crippen LogP contribution in [0.2, 0.25) is 0 Å². The van der Waals surface area contributed by atoms with Crippen LogP contribution in [0.3, 0.4) is 0 Å². The van der Waals surface area contributed by atoms with E-state index in [1.54, 1.807) is 24.7 Å². The van der Waals surface area contributed by atoms with Gasteiger partial charge in [-0.25, -0.2) is 13.8 Å². The van der Waals surface area contributed by atoms with Crippen LogP contribution in [-0.4, -0.2) is 27.2 Å². The molecule has 0 spiro atoms. The second-order valence-corrected chi connectivity index (χ2v) is 4.75. The van der Waals surface area contributed by atoms with E-state index in [1.807, 2.05) is 12.1 Å². The number of Topliss-reactive ketones (excluding diaryl/α,β-unsaturated/α-hetero) is 1. The SMILES string of the molecule is O=C(CCC(F)F)c1cc(-c2ccnc3[nH]ccc23)c[nH]1. The number of aromatic amines is 2. The monoisotopic (exact) mass is 289 g/mol. The van der Waals surface area contributed by atoms with E-state index in [2.05, 4.69) is 15.0 Å². The second kappa shape index (κ2) is 5.47. The van der Waals surface area contributed by atoms with E-state index in [-0.39, 0.29) is 12.2 Å². The molecule has 0 radical (unpaired) electrons. The molecule has 0 atom stereocenters. The number of ketones is 1. The molecule has 21 heavy (non-hydrogen) atoms. The Morgan fingerprint density at radius 1 is 1.29 bits per heavy atom. The van der Waals surface area contributed by atoms with Gasteiger partial charge >= 0.3 is 0 Å². The third-order valence-corrected chi connectivity index (χ3v) is 3.34. The highest BCUT2D eigenvalue weighted by atomic mass is 19.3. The zero-order valence-corrected chi connectivity index (χ0v) is 11.1. The molecule has 0 unspecified atom stereocenters. The van der Waals surface area contributed by atoms with Crippen LogP contribution in [0, 0.1) is 0 Å². The second-order valence-electron chi connectivity index (χ2n) is 4.75. The van der Waals surface area contributed by atoms with Crippen molar-refractivity contribution in [1.82, 2.24) is 15.0 Å². The van der Waals surface area contributed by atoms with Crippen LogP contribution in [0.1, 0.15) is 23.3 Å². The smallest absolute Gasteiger partial charge is 0.239 e. The lowest BCUT2D eigenvalue weighted by molar-refractivity contribution is 0.0905. The van der Waals surface area contributed by atoms with Gasteiger partial charge in [-0.3, -0.25) is 4.79 Å². The molecule has 3 rings (SSSR count). The maximum atomic E-state index is 12.1. The zero-order valence-electron chi connectivity index (χ0n) is 11.1. The topological polar surface area (TPSA) is 61.5 Å². The molecule has 0 aliphatic rings. The number of carbonyl (C=O) groups excluding carboxylic acids is 1. The Labute approximate surface area is 119 Å². The first-order chi connectivity index (χ1) is 10.1. The van der Waals surface area contributed by atoms with E-state index in [0.717, 1.165) is 22.2 Å². The predicted molar refractivity (Wildman–Crippen MR) is 75.4 cm³/mol. The minimum absolute atomic E-state index is 0.159. The van der Waals surface area contributed by atoms with E-state index in [1.165, 1.54) is 0 Å². The van der Waals surface area contributed by atoms with Crippen molar-refractivity contribution in [2.75, 3.05) is 0 Å². The molecule has 0 bridgehead atoms. The fourth-order valence-electron chi connectivity index (χ4n) is 2.30. The molecule has 3 heterocycles. The van der Waals surface area contributed by atoms with Crippen molar-refractivity contribution in [2.45, 2.75) is 19.3 Å². The van der Waals surface area contributed by atoms with Gasteiger partial charge in [0.25, 0.3) is 0 Å². The third kappa shape index (κ3) is 2.69. The van der Waals surface area contributed by atoms with Gasteiger partial charge in [0.2, 0.25) is 6.43 Å². The van der Waals surface area contributed by atoms with Gasteiger partial charge in [-0.2, -0.15) is 0 Å². The van der Waals surface area contributed by atoms with Crippen LogP contribution < -0.4 is 0 Å². The molecule has 108 valence electrons. The summed E-state index contributed by atoms with van der Waals surface area (Å²) in [4.78, 5) is 21.9. The number of carbonyl (C=O) groups is 1. The van der Waals surface area contributed by atoms with Gasteiger partial charge in [0, 0.05) is 42.4 Å². The van der Waals surface area contributed by atoms with E-state index >= 15 is 0 Å². The van der Waals surface area contributed by atoms with Crippen LogP contribution in [0.5, 0.6) is 0 Å². The Balaban J connectivity index is 1.88. The van der Waals surface area contributed by atoms with E-state index in [9.17, 15) is 13.6 Å². The molecular weight excluding hydrogens is 276 g/mol. The molecule has 0 amide bonds. The lowest BCUT2D eigenvalue weighted by atomic mass is 10.1. The first-order valence-electron chi connectivity index (χ1n) is 6.57. The summed E-state index contributed by atoms with van der Waals surface area (Å²) in [5.74, 6) is -0.305. The largest absolute Gasteiger partial charge is 0.358 e. The highest BCUT2D eigenvalue weighted by molar-refractivity contribution is 5.98. The van der Waals surface area contributed by atoms with Crippen molar-refractivity contribution in [2.24, 2.45) is 0 Å². The summed E-state index contributed by atoms with van der Waals surface area (Å²) in [6.07, 6.45) is 2.15. The van der Waals surface area contributed by atoms with E-state index < -0.39 is 12.8 Å². The van der Waals surface area contributed by atoms with Gasteiger partial charge < -0.3 is 9.97 Å². The molecule has 2 N–H and O–H groups in total. The Bertz CT molecular complexity index is 776. The number of pyridine rings is 1. The molecule has 0 aliphatic heterocycles. The first-order valence-corrected chi connectivity index (χ1v) is 6.57. The number of alkyl halides is 2. The lowest BCUT2D eigenvalue weighted by Gasteiger charge is -1.99. The molecule has 4 nitrogen and oxygen atoms in total. The number of fused-ring (bicyclic) bond motifs is 1. The van der Waals surface area contributed by atoms with Gasteiger partial charge in [0.1, 0.15) is 5.65 Å². The van der Waals surface area contributed by atoms with Crippen molar-refractivity contribution in [3.63, 3.8) is 0 Å².